The molecule has 2 aromatic rings. The maximum Gasteiger partial charge on any atom is 0.412 e. The molecule has 0 atom stereocenters. The number of benzene rings is 1. The van der Waals surface area contributed by atoms with Gasteiger partial charge in [0.25, 0.3) is 0 Å². The van der Waals surface area contributed by atoms with Gasteiger partial charge in [-0.1, -0.05) is 30.3 Å². The Hall–Kier alpha value is -2.54. The summed E-state index contributed by atoms with van der Waals surface area (Å²) in [4.78, 5) is 26.1. The van der Waals surface area contributed by atoms with E-state index in [9.17, 15) is 9.59 Å². The van der Waals surface area contributed by atoms with Crippen LogP contribution in [0.25, 0.3) is 11.1 Å². The van der Waals surface area contributed by atoms with Crippen LogP contribution in [0.3, 0.4) is 0 Å². The summed E-state index contributed by atoms with van der Waals surface area (Å²) >= 11 is 1.46. The van der Waals surface area contributed by atoms with Crippen LogP contribution in [0, 0.1) is 0 Å². The van der Waals surface area contributed by atoms with Crippen LogP contribution in [-0.2, 0) is 9.47 Å². The number of anilines is 1. The number of hydrogen-bond acceptors (Lipinski definition) is 5. The highest BCUT2D eigenvalue weighted by molar-refractivity contribution is 7.15. The Kier molecular flexibility index (Phi) is 6.24. The van der Waals surface area contributed by atoms with Gasteiger partial charge in [-0.2, -0.15) is 0 Å². The molecule has 1 aromatic heterocycles. The van der Waals surface area contributed by atoms with Crippen molar-refractivity contribution in [2.24, 2.45) is 0 Å². The number of nitrogens with zero attached hydrogens (tertiary/aromatic N) is 1. The number of hydrogen-bond donors (Lipinski definition) is 1. The van der Waals surface area contributed by atoms with Gasteiger partial charge < -0.3 is 14.4 Å². The first-order valence-corrected chi connectivity index (χ1v) is 10.3. The Morgan fingerprint density at radius 2 is 1.79 bits per heavy atom. The van der Waals surface area contributed by atoms with E-state index in [-0.39, 0.29) is 12.2 Å². The minimum atomic E-state index is -0.512. The fourth-order valence-corrected chi connectivity index (χ4v) is 3.80. The standard InChI is InChI=1S/C21H26N2O4S/c1-21(2,3)27-20(25)23-12-9-16(10-13-23)26-19(24)22-18-17(11-14-28-18)15-7-5-4-6-8-15/h4-8,11,14,16H,9-10,12-13H2,1-3H3,(H,22,24). The van der Waals surface area contributed by atoms with Gasteiger partial charge in [0.1, 0.15) is 16.7 Å². The first-order valence-electron chi connectivity index (χ1n) is 9.40. The molecule has 6 nitrogen and oxygen atoms in total. The van der Waals surface area contributed by atoms with Crippen LogP contribution < -0.4 is 5.32 Å². The molecule has 0 radical (unpaired) electrons. The number of rotatable bonds is 3. The molecule has 1 aliphatic heterocycles. The van der Waals surface area contributed by atoms with E-state index in [0.29, 0.717) is 25.9 Å². The van der Waals surface area contributed by atoms with E-state index < -0.39 is 11.7 Å². The Morgan fingerprint density at radius 1 is 1.11 bits per heavy atom. The smallest absolute Gasteiger partial charge is 0.412 e. The van der Waals surface area contributed by atoms with Crippen molar-refractivity contribution in [3.63, 3.8) is 0 Å². The predicted molar refractivity (Wildman–Crippen MR) is 111 cm³/mol. The number of amides is 2. The molecule has 0 spiro atoms. The van der Waals surface area contributed by atoms with Crippen LogP contribution in [0.2, 0.25) is 0 Å². The highest BCUT2D eigenvalue weighted by Crippen LogP contribution is 2.33. The molecule has 0 unspecified atom stereocenters. The summed E-state index contributed by atoms with van der Waals surface area (Å²) in [6.45, 7) is 6.57. The van der Waals surface area contributed by atoms with E-state index in [2.05, 4.69) is 5.32 Å². The largest absolute Gasteiger partial charge is 0.446 e. The molecular weight excluding hydrogens is 376 g/mol. The van der Waals surface area contributed by atoms with Crippen LogP contribution in [0.5, 0.6) is 0 Å². The minimum absolute atomic E-state index is 0.209. The van der Waals surface area contributed by atoms with Crippen LogP contribution in [-0.4, -0.2) is 41.9 Å². The number of nitrogens with one attached hydrogen (secondary N) is 1. The van der Waals surface area contributed by atoms with Crippen LogP contribution in [0.15, 0.2) is 41.8 Å². The molecule has 0 aliphatic carbocycles. The topological polar surface area (TPSA) is 67.9 Å². The number of likely N-dealkylation sites (tertiary alicyclic amines) is 1. The Morgan fingerprint density at radius 3 is 2.43 bits per heavy atom. The number of ether oxygens (including phenoxy) is 2. The maximum absolute atomic E-state index is 12.3. The number of carbonyl (C=O) groups excluding carboxylic acids is 2. The molecule has 150 valence electrons. The Balaban J connectivity index is 1.50. The van der Waals surface area contributed by atoms with Gasteiger partial charge in [0.15, 0.2) is 0 Å². The zero-order valence-corrected chi connectivity index (χ0v) is 17.3. The third kappa shape index (κ3) is 5.48. The van der Waals surface area contributed by atoms with Crippen LogP contribution in [0.1, 0.15) is 33.6 Å². The average molecular weight is 403 g/mol. The lowest BCUT2D eigenvalue weighted by molar-refractivity contribution is 0.00795. The van der Waals surface area contributed by atoms with Crippen molar-refractivity contribution in [2.75, 3.05) is 18.4 Å². The van der Waals surface area contributed by atoms with Gasteiger partial charge in [0, 0.05) is 31.5 Å². The average Bonchev–Trinajstić information content (AvgIpc) is 3.09. The number of carbonyl (C=O) groups is 2. The lowest BCUT2D eigenvalue weighted by Crippen LogP contribution is -2.44. The molecule has 1 aromatic carbocycles. The summed E-state index contributed by atoms with van der Waals surface area (Å²) < 4.78 is 10.9. The molecule has 3 rings (SSSR count). The monoisotopic (exact) mass is 402 g/mol. The summed E-state index contributed by atoms with van der Waals surface area (Å²) in [6, 6.07) is 11.9. The van der Waals surface area contributed by atoms with E-state index in [1.54, 1.807) is 4.90 Å². The molecule has 2 amide bonds. The summed E-state index contributed by atoms with van der Waals surface area (Å²) in [5.41, 5.74) is 1.51. The van der Waals surface area contributed by atoms with E-state index in [1.807, 2.05) is 62.5 Å². The van der Waals surface area contributed by atoms with Crippen molar-refractivity contribution in [1.82, 2.24) is 4.90 Å². The molecule has 0 saturated carbocycles. The molecular formula is C21H26N2O4S. The highest BCUT2D eigenvalue weighted by atomic mass is 32.1. The second-order valence-electron chi connectivity index (χ2n) is 7.73. The molecule has 1 aliphatic rings. The SMILES string of the molecule is CC(C)(C)OC(=O)N1CCC(OC(=O)Nc2sccc2-c2ccccc2)CC1. The van der Waals surface area contributed by atoms with E-state index in [0.717, 1.165) is 16.1 Å². The van der Waals surface area contributed by atoms with E-state index in [1.165, 1.54) is 11.3 Å². The molecule has 1 saturated heterocycles. The fourth-order valence-electron chi connectivity index (χ4n) is 3.01. The number of thiophene rings is 1. The van der Waals surface area contributed by atoms with E-state index in [4.69, 9.17) is 9.47 Å². The first kappa shape index (κ1) is 20.2. The zero-order chi connectivity index (χ0) is 20.1. The minimum Gasteiger partial charge on any atom is -0.446 e. The quantitative estimate of drug-likeness (QED) is 0.750. The third-order valence-corrected chi connectivity index (χ3v) is 5.16. The third-order valence-electron chi connectivity index (χ3n) is 4.33. The molecule has 0 bridgehead atoms. The van der Waals surface area contributed by atoms with Crippen molar-refractivity contribution < 1.29 is 19.1 Å². The van der Waals surface area contributed by atoms with E-state index >= 15 is 0 Å². The van der Waals surface area contributed by atoms with Crippen molar-refractivity contribution >= 4 is 28.5 Å². The zero-order valence-electron chi connectivity index (χ0n) is 16.4. The molecule has 28 heavy (non-hydrogen) atoms. The van der Waals surface area contributed by atoms with Gasteiger partial charge >= 0.3 is 12.2 Å². The van der Waals surface area contributed by atoms with Crippen molar-refractivity contribution in [3.8, 4) is 11.1 Å². The van der Waals surface area contributed by atoms with Crippen LogP contribution >= 0.6 is 11.3 Å². The van der Waals surface area contributed by atoms with Gasteiger partial charge in [0.2, 0.25) is 0 Å². The van der Waals surface area contributed by atoms with Gasteiger partial charge in [-0.3, -0.25) is 5.32 Å². The highest BCUT2D eigenvalue weighted by Gasteiger charge is 2.28. The molecule has 1 N–H and O–H groups in total. The predicted octanol–water partition coefficient (Wildman–Crippen LogP) is 5.36. The Bertz CT molecular complexity index is 805. The Labute approximate surface area is 169 Å². The van der Waals surface area contributed by atoms with Gasteiger partial charge in [-0.15, -0.1) is 11.3 Å². The normalized spacial score (nSPS) is 15.2. The maximum atomic E-state index is 12.3. The summed E-state index contributed by atoms with van der Waals surface area (Å²) in [5.74, 6) is 0. The summed E-state index contributed by atoms with van der Waals surface area (Å²) in [7, 11) is 0. The summed E-state index contributed by atoms with van der Waals surface area (Å²) in [5, 5.41) is 5.56. The lowest BCUT2D eigenvalue weighted by atomic mass is 10.1. The van der Waals surface area contributed by atoms with Crippen LogP contribution in [0.4, 0.5) is 14.6 Å². The van der Waals surface area contributed by atoms with Gasteiger partial charge in [-0.25, -0.2) is 9.59 Å². The first-order chi connectivity index (χ1) is 13.3. The van der Waals surface area contributed by atoms with Crippen molar-refractivity contribution in [3.05, 3.63) is 41.8 Å². The summed E-state index contributed by atoms with van der Waals surface area (Å²) in [6.07, 6.45) is 0.210. The lowest BCUT2D eigenvalue weighted by Gasteiger charge is -2.33. The van der Waals surface area contributed by atoms with Crippen molar-refractivity contribution in [1.29, 1.82) is 0 Å². The second kappa shape index (κ2) is 8.65. The van der Waals surface area contributed by atoms with Gasteiger partial charge in [-0.05, 0) is 37.8 Å². The second-order valence-corrected chi connectivity index (χ2v) is 8.64. The van der Waals surface area contributed by atoms with Gasteiger partial charge in [0.05, 0.1) is 0 Å². The number of piperidine rings is 1. The molecule has 2 heterocycles. The molecule has 1 fully saturated rings. The molecule has 7 heteroatoms. The van der Waals surface area contributed by atoms with Crippen molar-refractivity contribution in [2.45, 2.75) is 45.3 Å². The fraction of sp³-hybridized carbons (Fsp3) is 0.429.